The van der Waals surface area contributed by atoms with Crippen molar-refractivity contribution in [2.45, 2.75) is 76.5 Å². The van der Waals surface area contributed by atoms with E-state index in [0.29, 0.717) is 5.41 Å². The molecule has 29 heavy (non-hydrogen) atoms. The maximum absolute atomic E-state index is 2.50. The molecule has 4 saturated carbocycles. The largest absolute Gasteiger partial charge is 0.0654 e. The summed E-state index contributed by atoms with van der Waals surface area (Å²) in [5.74, 6) is 3.06. The first-order chi connectivity index (χ1) is 14.2. The van der Waals surface area contributed by atoms with Crippen LogP contribution >= 0.6 is 0 Å². The highest BCUT2D eigenvalue weighted by molar-refractivity contribution is 5.80. The topological polar surface area (TPSA) is 0 Å². The minimum Gasteiger partial charge on any atom is -0.0654 e. The normalized spacial score (nSPS) is 31.8. The molecule has 0 nitrogen and oxygen atoms in total. The lowest BCUT2D eigenvalue weighted by Crippen LogP contribution is -2.48. The van der Waals surface area contributed by atoms with Crippen LogP contribution < -0.4 is 0 Å². The van der Waals surface area contributed by atoms with Crippen LogP contribution in [-0.2, 0) is 11.8 Å². The molecule has 0 saturated heterocycles. The van der Waals surface area contributed by atoms with Gasteiger partial charge in [-0.1, -0.05) is 67.5 Å². The molecule has 4 fully saturated rings. The van der Waals surface area contributed by atoms with Gasteiger partial charge in [0.15, 0.2) is 0 Å². The Bertz CT molecular complexity index is 907. The summed E-state index contributed by atoms with van der Waals surface area (Å²) in [6.07, 6.45) is 16.5. The number of benzene rings is 2. The molecule has 0 amide bonds. The molecule has 4 bridgehead atoms. The molecule has 0 aromatic heterocycles. The third-order valence-electron chi connectivity index (χ3n) is 8.66. The fraction of sp³-hybridized carbons (Fsp3) is 0.517. The average molecular weight is 383 g/mol. The summed E-state index contributed by atoms with van der Waals surface area (Å²) in [6.45, 7) is 2.29. The number of rotatable bonds is 5. The molecule has 2 aromatic rings. The van der Waals surface area contributed by atoms with Crippen LogP contribution in [0.4, 0.5) is 0 Å². The monoisotopic (exact) mass is 382 g/mol. The highest BCUT2D eigenvalue weighted by Gasteiger charge is 2.51. The first-order valence-corrected chi connectivity index (χ1v) is 12.1. The number of fused-ring (bicyclic) bond motifs is 1. The van der Waals surface area contributed by atoms with Crippen molar-refractivity contribution in [2.75, 3.05) is 0 Å². The van der Waals surface area contributed by atoms with Crippen molar-refractivity contribution in [3.05, 3.63) is 64.7 Å². The van der Waals surface area contributed by atoms with Gasteiger partial charge < -0.3 is 0 Å². The Morgan fingerprint density at radius 3 is 2.21 bits per heavy atom. The lowest BCUT2D eigenvalue weighted by molar-refractivity contribution is -0.00518. The van der Waals surface area contributed by atoms with E-state index in [2.05, 4.69) is 55.5 Å². The second kappa shape index (κ2) is 6.86. The van der Waals surface area contributed by atoms with E-state index in [9.17, 15) is 0 Å². The molecule has 2 aromatic carbocycles. The Labute approximate surface area is 176 Å². The Morgan fingerprint density at radius 1 is 0.862 bits per heavy atom. The third kappa shape index (κ3) is 3.02. The van der Waals surface area contributed by atoms with Crippen LogP contribution in [0.2, 0.25) is 0 Å². The van der Waals surface area contributed by atoms with Crippen LogP contribution in [0.3, 0.4) is 0 Å². The predicted molar refractivity (Wildman–Crippen MR) is 123 cm³/mol. The molecule has 0 aliphatic heterocycles. The minimum atomic E-state index is 0.513. The van der Waals surface area contributed by atoms with Crippen LogP contribution in [0.5, 0.6) is 0 Å². The van der Waals surface area contributed by atoms with Crippen molar-refractivity contribution in [3.8, 4) is 11.1 Å². The van der Waals surface area contributed by atoms with E-state index >= 15 is 0 Å². The van der Waals surface area contributed by atoms with Crippen molar-refractivity contribution in [1.29, 1.82) is 0 Å². The molecule has 0 spiro atoms. The summed E-state index contributed by atoms with van der Waals surface area (Å²) >= 11 is 0. The zero-order valence-corrected chi connectivity index (χ0v) is 17.9. The third-order valence-corrected chi connectivity index (χ3v) is 8.66. The molecule has 0 unspecified atom stereocenters. The summed E-state index contributed by atoms with van der Waals surface area (Å²) in [4.78, 5) is 0. The van der Waals surface area contributed by atoms with Crippen LogP contribution in [0.15, 0.2) is 48.0 Å². The summed E-state index contributed by atoms with van der Waals surface area (Å²) in [7, 11) is 0. The fourth-order valence-corrected chi connectivity index (χ4v) is 7.72. The zero-order chi connectivity index (χ0) is 19.4. The van der Waals surface area contributed by atoms with E-state index in [1.165, 1.54) is 80.0 Å². The van der Waals surface area contributed by atoms with Crippen molar-refractivity contribution in [1.82, 2.24) is 0 Å². The van der Waals surface area contributed by atoms with E-state index in [1.807, 2.05) is 0 Å². The van der Waals surface area contributed by atoms with Gasteiger partial charge in [0.1, 0.15) is 0 Å². The quantitative estimate of drug-likeness (QED) is 0.492. The molecule has 0 heteroatoms. The van der Waals surface area contributed by atoms with E-state index < -0.39 is 0 Å². The van der Waals surface area contributed by atoms with Gasteiger partial charge in [-0.3, -0.25) is 0 Å². The maximum atomic E-state index is 2.50. The van der Waals surface area contributed by atoms with Crippen molar-refractivity contribution in [3.63, 3.8) is 0 Å². The summed E-state index contributed by atoms with van der Waals surface area (Å²) in [5, 5.41) is 0. The molecule has 0 radical (unpaired) electrons. The molecule has 0 N–H and O–H groups in total. The van der Waals surface area contributed by atoms with E-state index in [1.54, 1.807) is 11.1 Å². The first kappa shape index (κ1) is 18.0. The highest BCUT2D eigenvalue weighted by atomic mass is 14.6. The van der Waals surface area contributed by atoms with Crippen LogP contribution in [0.25, 0.3) is 17.2 Å². The molecule has 0 heterocycles. The van der Waals surface area contributed by atoms with Crippen molar-refractivity contribution in [2.24, 2.45) is 17.8 Å². The average Bonchev–Trinajstić information content (AvgIpc) is 3.14. The molecule has 150 valence electrons. The predicted octanol–water partition coefficient (Wildman–Crippen LogP) is 7.95. The van der Waals surface area contributed by atoms with Crippen molar-refractivity contribution >= 4 is 6.08 Å². The summed E-state index contributed by atoms with van der Waals surface area (Å²) in [6, 6.07) is 16.8. The van der Waals surface area contributed by atoms with Gasteiger partial charge in [-0.25, -0.2) is 0 Å². The van der Waals surface area contributed by atoms with Gasteiger partial charge in [-0.15, -0.1) is 0 Å². The van der Waals surface area contributed by atoms with Gasteiger partial charge in [0.05, 0.1) is 0 Å². The Kier molecular flexibility index (Phi) is 4.26. The fourth-order valence-electron chi connectivity index (χ4n) is 7.72. The number of hydrogen-bond donors (Lipinski definition) is 0. The lowest BCUT2D eigenvalue weighted by atomic mass is 9.48. The number of allylic oxidation sites excluding steroid dienone is 1. The molecular formula is C29H34. The smallest absolute Gasteiger partial charge is 0.00391 e. The molecule has 0 atom stereocenters. The van der Waals surface area contributed by atoms with Gasteiger partial charge in [0.2, 0.25) is 0 Å². The molecule has 5 aliphatic carbocycles. The number of unbranched alkanes of at least 4 members (excludes halogenated alkanes) is 1. The van der Waals surface area contributed by atoms with Crippen LogP contribution in [0, 0.1) is 17.8 Å². The Balaban J connectivity index is 1.30. The summed E-state index contributed by atoms with van der Waals surface area (Å²) < 4.78 is 0. The Hall–Kier alpha value is -1.82. The van der Waals surface area contributed by atoms with E-state index in [0.717, 1.165) is 24.2 Å². The Morgan fingerprint density at radius 2 is 1.55 bits per heavy atom. The lowest BCUT2D eigenvalue weighted by Gasteiger charge is -2.57. The van der Waals surface area contributed by atoms with E-state index in [-0.39, 0.29) is 0 Å². The van der Waals surface area contributed by atoms with Crippen LogP contribution in [0.1, 0.15) is 81.4 Å². The number of hydrogen-bond acceptors (Lipinski definition) is 0. The second-order valence-corrected chi connectivity index (χ2v) is 10.7. The van der Waals surface area contributed by atoms with Crippen molar-refractivity contribution < 1.29 is 0 Å². The molecular weight excluding hydrogens is 348 g/mol. The van der Waals surface area contributed by atoms with Crippen LogP contribution in [-0.4, -0.2) is 0 Å². The summed E-state index contributed by atoms with van der Waals surface area (Å²) in [5.41, 5.74) is 9.64. The first-order valence-electron chi connectivity index (χ1n) is 12.1. The van der Waals surface area contributed by atoms with Gasteiger partial charge in [-0.05, 0) is 109 Å². The SMILES string of the molecule is CCCCC1=Cc2c(cccc2-c2ccc(C34CC5CC(CC(C5)C3)C4)cc2)C1. The maximum Gasteiger partial charge on any atom is -0.00391 e. The highest BCUT2D eigenvalue weighted by Crippen LogP contribution is 2.60. The minimum absolute atomic E-state index is 0.513. The van der Waals surface area contributed by atoms with Gasteiger partial charge in [-0.2, -0.15) is 0 Å². The zero-order valence-electron chi connectivity index (χ0n) is 17.9. The van der Waals surface area contributed by atoms with Gasteiger partial charge in [0, 0.05) is 0 Å². The second-order valence-electron chi connectivity index (χ2n) is 10.7. The standard InChI is InChI=1S/C29H34/c1-2-3-5-20-15-25-6-4-7-27(28(25)16-20)24-8-10-26(11-9-24)29-17-21-12-22(18-29)14-23(13-21)19-29/h4,6-11,16,21-23H,2-3,5,12-15,17-19H2,1H3. The van der Waals surface area contributed by atoms with Gasteiger partial charge in [0.25, 0.3) is 0 Å². The molecule has 5 aliphatic rings. The van der Waals surface area contributed by atoms with Gasteiger partial charge >= 0.3 is 0 Å². The molecule has 7 rings (SSSR count). The van der Waals surface area contributed by atoms with E-state index in [4.69, 9.17) is 0 Å².